The van der Waals surface area contributed by atoms with Gasteiger partial charge >= 0.3 is 0 Å². The molecule has 1 aliphatic rings. The Hall–Kier alpha value is -2.58. The van der Waals surface area contributed by atoms with Crippen LogP contribution in [0.2, 0.25) is 0 Å². The van der Waals surface area contributed by atoms with Gasteiger partial charge in [0.05, 0.1) is 20.0 Å². The number of sulfonamides is 1. The van der Waals surface area contributed by atoms with Crippen molar-refractivity contribution in [3.05, 3.63) is 59.2 Å². The third-order valence-corrected chi connectivity index (χ3v) is 6.90. The lowest BCUT2D eigenvalue weighted by Crippen LogP contribution is -2.38. The largest absolute Gasteiger partial charge is 0.497 e. The van der Waals surface area contributed by atoms with E-state index in [0.717, 1.165) is 16.9 Å². The molecule has 8 heteroatoms. The molecule has 1 heterocycles. The van der Waals surface area contributed by atoms with Gasteiger partial charge in [0, 0.05) is 25.2 Å². The molecule has 2 aromatic carbocycles. The zero-order chi connectivity index (χ0) is 20.9. The van der Waals surface area contributed by atoms with E-state index in [9.17, 15) is 13.2 Å². The molecule has 0 saturated heterocycles. The van der Waals surface area contributed by atoms with Crippen molar-refractivity contribution < 1.29 is 22.7 Å². The van der Waals surface area contributed by atoms with Crippen molar-refractivity contribution in [2.75, 3.05) is 33.1 Å². The Balaban J connectivity index is 1.49. The molecule has 0 aliphatic carbocycles. The molecular formula is C21H26N2O5S. The fourth-order valence-electron chi connectivity index (χ4n) is 3.30. The van der Waals surface area contributed by atoms with Gasteiger partial charge in [-0.1, -0.05) is 6.07 Å². The molecule has 2 aromatic rings. The van der Waals surface area contributed by atoms with Gasteiger partial charge in [0.25, 0.3) is 5.91 Å². The normalized spacial score (nSPS) is 14.1. The molecule has 1 amide bonds. The highest BCUT2D eigenvalue weighted by Crippen LogP contribution is 2.25. The maximum atomic E-state index is 12.7. The van der Waals surface area contributed by atoms with E-state index in [4.69, 9.17) is 9.47 Å². The monoisotopic (exact) mass is 418 g/mol. The molecule has 0 fully saturated rings. The van der Waals surface area contributed by atoms with Crippen molar-refractivity contribution in [2.45, 2.75) is 19.4 Å². The van der Waals surface area contributed by atoms with Crippen LogP contribution in [0, 0.1) is 0 Å². The summed E-state index contributed by atoms with van der Waals surface area (Å²) in [5.41, 5.74) is 2.65. The minimum atomic E-state index is -3.38. The van der Waals surface area contributed by atoms with E-state index in [2.05, 4.69) is 5.32 Å². The van der Waals surface area contributed by atoms with E-state index in [1.807, 2.05) is 18.2 Å². The molecule has 1 N–H and O–H groups in total. The van der Waals surface area contributed by atoms with Gasteiger partial charge in [-0.2, -0.15) is 4.31 Å². The predicted octanol–water partition coefficient (Wildman–Crippen LogP) is 2.21. The van der Waals surface area contributed by atoms with E-state index < -0.39 is 10.0 Å². The maximum absolute atomic E-state index is 12.7. The van der Waals surface area contributed by atoms with Gasteiger partial charge in [-0.05, 0) is 60.4 Å². The fourth-order valence-corrected chi connectivity index (χ4v) is 4.77. The summed E-state index contributed by atoms with van der Waals surface area (Å²) in [4.78, 5) is 12.1. The van der Waals surface area contributed by atoms with Gasteiger partial charge in [-0.25, -0.2) is 8.42 Å². The molecule has 0 bridgehead atoms. The zero-order valence-electron chi connectivity index (χ0n) is 16.7. The molecule has 156 valence electrons. The van der Waals surface area contributed by atoms with Crippen LogP contribution in [0.15, 0.2) is 42.5 Å². The van der Waals surface area contributed by atoms with Crippen LogP contribution in [0.1, 0.15) is 27.9 Å². The third kappa shape index (κ3) is 5.27. The SMILES string of the molecule is COc1ccc(C(=O)NCCCS(=O)(=O)N2CCc3cc(OC)ccc3C2)cc1. The molecular weight excluding hydrogens is 392 g/mol. The summed E-state index contributed by atoms with van der Waals surface area (Å²) in [5.74, 6) is 1.23. The lowest BCUT2D eigenvalue weighted by Gasteiger charge is -2.28. The summed E-state index contributed by atoms with van der Waals surface area (Å²) in [5, 5.41) is 2.76. The highest BCUT2D eigenvalue weighted by Gasteiger charge is 2.26. The van der Waals surface area contributed by atoms with E-state index in [1.165, 1.54) is 4.31 Å². The topological polar surface area (TPSA) is 84.9 Å². The fraction of sp³-hybridized carbons (Fsp3) is 0.381. The highest BCUT2D eigenvalue weighted by atomic mass is 32.2. The number of nitrogens with zero attached hydrogens (tertiary/aromatic N) is 1. The molecule has 0 spiro atoms. The molecule has 0 unspecified atom stereocenters. The second-order valence-electron chi connectivity index (χ2n) is 6.87. The van der Waals surface area contributed by atoms with Crippen LogP contribution < -0.4 is 14.8 Å². The average Bonchev–Trinajstić information content (AvgIpc) is 2.75. The van der Waals surface area contributed by atoms with E-state index >= 15 is 0 Å². The Kier molecular flexibility index (Phi) is 6.76. The van der Waals surface area contributed by atoms with Crippen molar-refractivity contribution in [1.82, 2.24) is 9.62 Å². The van der Waals surface area contributed by atoms with Crippen LogP contribution in [0.3, 0.4) is 0 Å². The summed E-state index contributed by atoms with van der Waals surface area (Å²) in [6.07, 6.45) is 1.02. The number of nitrogens with one attached hydrogen (secondary N) is 1. The molecule has 3 rings (SSSR count). The second kappa shape index (κ2) is 9.28. The van der Waals surface area contributed by atoms with Crippen molar-refractivity contribution in [3.63, 3.8) is 0 Å². The van der Waals surface area contributed by atoms with Crippen molar-refractivity contribution >= 4 is 15.9 Å². The van der Waals surface area contributed by atoms with Crippen LogP contribution in [0.4, 0.5) is 0 Å². The first-order chi connectivity index (χ1) is 13.9. The first kappa shape index (κ1) is 21.1. The lowest BCUT2D eigenvalue weighted by atomic mass is 10.0. The lowest BCUT2D eigenvalue weighted by molar-refractivity contribution is 0.0953. The number of carbonyl (C=O) groups excluding carboxylic acids is 1. The second-order valence-corrected chi connectivity index (χ2v) is 8.96. The first-order valence-electron chi connectivity index (χ1n) is 9.49. The molecule has 0 atom stereocenters. The number of carbonyl (C=O) groups is 1. The minimum Gasteiger partial charge on any atom is -0.497 e. The predicted molar refractivity (Wildman–Crippen MR) is 111 cm³/mol. The number of fused-ring (bicyclic) bond motifs is 1. The smallest absolute Gasteiger partial charge is 0.251 e. The van der Waals surface area contributed by atoms with E-state index in [1.54, 1.807) is 38.5 Å². The van der Waals surface area contributed by atoms with Crippen LogP contribution >= 0.6 is 0 Å². The molecule has 0 radical (unpaired) electrons. The standard InChI is InChI=1S/C21H26N2O5S/c1-27-19-7-4-16(5-8-19)21(24)22-11-3-13-29(25,26)23-12-10-17-14-20(28-2)9-6-18(17)15-23/h4-9,14H,3,10-13,15H2,1-2H3,(H,22,24). The summed E-state index contributed by atoms with van der Waals surface area (Å²) in [6.45, 7) is 1.13. The molecule has 0 saturated carbocycles. The maximum Gasteiger partial charge on any atom is 0.251 e. The van der Waals surface area contributed by atoms with Crippen LogP contribution in [0.25, 0.3) is 0 Å². The summed E-state index contributed by atoms with van der Waals surface area (Å²) < 4.78 is 37.2. The van der Waals surface area contributed by atoms with E-state index in [-0.39, 0.29) is 11.7 Å². The zero-order valence-corrected chi connectivity index (χ0v) is 17.5. The minimum absolute atomic E-state index is 0.00137. The van der Waals surface area contributed by atoms with Crippen LogP contribution in [0.5, 0.6) is 11.5 Å². The summed E-state index contributed by atoms with van der Waals surface area (Å²) >= 11 is 0. The summed E-state index contributed by atoms with van der Waals surface area (Å²) in [7, 11) is -0.196. The van der Waals surface area contributed by atoms with Gasteiger partial charge in [0.1, 0.15) is 11.5 Å². The Morgan fingerprint density at radius 2 is 1.72 bits per heavy atom. The van der Waals surface area contributed by atoms with E-state index in [0.29, 0.717) is 43.8 Å². The Morgan fingerprint density at radius 1 is 1.03 bits per heavy atom. The summed E-state index contributed by atoms with van der Waals surface area (Å²) in [6, 6.07) is 12.5. The molecule has 1 aliphatic heterocycles. The molecule has 29 heavy (non-hydrogen) atoms. The van der Waals surface area contributed by atoms with Gasteiger partial charge < -0.3 is 14.8 Å². The number of methoxy groups -OCH3 is 2. The van der Waals surface area contributed by atoms with Crippen LogP contribution in [-0.4, -0.2) is 51.7 Å². The number of benzene rings is 2. The number of ether oxygens (including phenoxy) is 2. The molecule has 7 nitrogen and oxygen atoms in total. The average molecular weight is 419 g/mol. The number of amides is 1. The molecule has 0 aromatic heterocycles. The van der Waals surface area contributed by atoms with Gasteiger partial charge in [-0.3, -0.25) is 4.79 Å². The highest BCUT2D eigenvalue weighted by molar-refractivity contribution is 7.89. The first-order valence-corrected chi connectivity index (χ1v) is 11.1. The Morgan fingerprint density at radius 3 is 2.41 bits per heavy atom. The van der Waals surface area contributed by atoms with Crippen LogP contribution in [-0.2, 0) is 23.0 Å². The quantitative estimate of drug-likeness (QED) is 0.665. The Bertz CT molecular complexity index is 958. The third-order valence-electron chi connectivity index (χ3n) is 5.00. The number of hydrogen-bond acceptors (Lipinski definition) is 5. The van der Waals surface area contributed by atoms with Crippen molar-refractivity contribution in [3.8, 4) is 11.5 Å². The van der Waals surface area contributed by atoms with Gasteiger partial charge in [-0.15, -0.1) is 0 Å². The van der Waals surface area contributed by atoms with Gasteiger partial charge in [0.15, 0.2) is 0 Å². The number of rotatable bonds is 8. The number of hydrogen-bond donors (Lipinski definition) is 1. The van der Waals surface area contributed by atoms with Crippen molar-refractivity contribution in [1.29, 1.82) is 0 Å². The van der Waals surface area contributed by atoms with Crippen molar-refractivity contribution in [2.24, 2.45) is 0 Å². The Labute approximate surface area is 171 Å². The van der Waals surface area contributed by atoms with Gasteiger partial charge in [0.2, 0.25) is 10.0 Å².